The van der Waals surface area contributed by atoms with Crippen LogP contribution < -0.4 is 20.1 Å². The molecular weight excluding hydrogens is 316 g/mol. The highest BCUT2D eigenvalue weighted by Crippen LogP contribution is 2.30. The van der Waals surface area contributed by atoms with E-state index in [0.29, 0.717) is 11.4 Å². The van der Waals surface area contributed by atoms with Crippen molar-refractivity contribution in [2.24, 2.45) is 0 Å². The van der Waals surface area contributed by atoms with Crippen LogP contribution in [0.3, 0.4) is 0 Å². The third kappa shape index (κ3) is 4.12. The van der Waals surface area contributed by atoms with Crippen molar-refractivity contribution in [2.45, 2.75) is 32.4 Å². The fourth-order valence-corrected chi connectivity index (χ4v) is 3.08. The highest BCUT2D eigenvalue weighted by molar-refractivity contribution is 5.90. The van der Waals surface area contributed by atoms with E-state index < -0.39 is 0 Å². The van der Waals surface area contributed by atoms with Crippen LogP contribution in [0, 0.1) is 0 Å². The van der Waals surface area contributed by atoms with Crippen molar-refractivity contribution in [3.05, 3.63) is 53.6 Å². The standard InChI is InChI=1S/C20H24N2O3/c1-13(15-8-9-20(24-3)18(11-15)22-14(2)23)21-12-17-10-16-6-4-5-7-19(16)25-17/h4-9,11,13,17,21H,10,12H2,1-3H3,(H,22,23)/t13-,17+/m0/s1. The number of para-hydroxylation sites is 1. The van der Waals surface area contributed by atoms with Gasteiger partial charge in [-0.15, -0.1) is 0 Å². The van der Waals surface area contributed by atoms with Crippen LogP contribution in [-0.4, -0.2) is 25.7 Å². The maximum absolute atomic E-state index is 11.4. The van der Waals surface area contributed by atoms with Gasteiger partial charge in [0.05, 0.1) is 12.8 Å². The smallest absolute Gasteiger partial charge is 0.221 e. The summed E-state index contributed by atoms with van der Waals surface area (Å²) in [5, 5.41) is 6.33. The lowest BCUT2D eigenvalue weighted by atomic mass is 10.1. The molecule has 0 aromatic heterocycles. The van der Waals surface area contributed by atoms with Crippen molar-refractivity contribution in [3.63, 3.8) is 0 Å². The number of rotatable bonds is 6. The summed E-state index contributed by atoms with van der Waals surface area (Å²) in [4.78, 5) is 11.4. The van der Waals surface area contributed by atoms with Gasteiger partial charge in [-0.3, -0.25) is 4.79 Å². The quantitative estimate of drug-likeness (QED) is 0.847. The van der Waals surface area contributed by atoms with Crippen molar-refractivity contribution in [2.75, 3.05) is 19.0 Å². The van der Waals surface area contributed by atoms with Gasteiger partial charge >= 0.3 is 0 Å². The summed E-state index contributed by atoms with van der Waals surface area (Å²) in [6.45, 7) is 4.35. The first-order valence-electron chi connectivity index (χ1n) is 8.50. The number of ether oxygens (including phenoxy) is 2. The van der Waals surface area contributed by atoms with Gasteiger partial charge in [-0.25, -0.2) is 0 Å². The van der Waals surface area contributed by atoms with Crippen LogP contribution in [0.2, 0.25) is 0 Å². The SMILES string of the molecule is COc1ccc([C@H](C)NC[C@H]2Cc3ccccc3O2)cc1NC(C)=O. The average molecular weight is 340 g/mol. The van der Waals surface area contributed by atoms with Crippen LogP contribution in [0.15, 0.2) is 42.5 Å². The zero-order valence-electron chi connectivity index (χ0n) is 14.8. The van der Waals surface area contributed by atoms with Crippen molar-refractivity contribution in [1.82, 2.24) is 5.32 Å². The van der Waals surface area contributed by atoms with Gasteiger partial charge in [-0.1, -0.05) is 24.3 Å². The molecule has 2 aromatic carbocycles. The molecule has 0 fully saturated rings. The molecule has 2 atom stereocenters. The molecule has 0 unspecified atom stereocenters. The molecule has 132 valence electrons. The topological polar surface area (TPSA) is 59.6 Å². The van der Waals surface area contributed by atoms with E-state index in [1.807, 2.05) is 36.4 Å². The van der Waals surface area contributed by atoms with E-state index in [2.05, 4.69) is 23.6 Å². The molecule has 1 amide bonds. The minimum absolute atomic E-state index is 0.117. The molecule has 0 saturated heterocycles. The monoisotopic (exact) mass is 340 g/mol. The minimum atomic E-state index is -0.117. The molecule has 0 spiro atoms. The molecule has 0 radical (unpaired) electrons. The van der Waals surface area contributed by atoms with Crippen LogP contribution in [0.1, 0.15) is 31.0 Å². The molecule has 3 rings (SSSR count). The van der Waals surface area contributed by atoms with Crippen molar-refractivity contribution < 1.29 is 14.3 Å². The van der Waals surface area contributed by atoms with Crippen LogP contribution in [0.4, 0.5) is 5.69 Å². The second kappa shape index (κ2) is 7.57. The summed E-state index contributed by atoms with van der Waals surface area (Å²) in [5.41, 5.74) is 3.03. The minimum Gasteiger partial charge on any atom is -0.495 e. The molecule has 0 aliphatic carbocycles. The molecule has 2 aromatic rings. The van der Waals surface area contributed by atoms with Gasteiger partial charge in [0.1, 0.15) is 17.6 Å². The second-order valence-corrected chi connectivity index (χ2v) is 6.32. The number of methoxy groups -OCH3 is 1. The Labute approximate surface area is 148 Å². The van der Waals surface area contributed by atoms with Gasteiger partial charge in [0, 0.05) is 25.9 Å². The van der Waals surface area contributed by atoms with Crippen LogP contribution >= 0.6 is 0 Å². The second-order valence-electron chi connectivity index (χ2n) is 6.32. The third-order valence-electron chi connectivity index (χ3n) is 4.40. The summed E-state index contributed by atoms with van der Waals surface area (Å²) < 4.78 is 11.3. The fraction of sp³-hybridized carbons (Fsp3) is 0.350. The van der Waals surface area contributed by atoms with Crippen molar-refractivity contribution >= 4 is 11.6 Å². The third-order valence-corrected chi connectivity index (χ3v) is 4.40. The Bertz CT molecular complexity index is 735. The lowest BCUT2D eigenvalue weighted by Gasteiger charge is -2.19. The summed E-state index contributed by atoms with van der Waals surface area (Å²) in [5.74, 6) is 1.52. The Morgan fingerprint density at radius 1 is 1.32 bits per heavy atom. The Morgan fingerprint density at radius 2 is 2.12 bits per heavy atom. The number of hydrogen-bond donors (Lipinski definition) is 2. The van der Waals surface area contributed by atoms with E-state index in [0.717, 1.165) is 24.3 Å². The highest BCUT2D eigenvalue weighted by Gasteiger charge is 2.22. The number of carbonyl (C=O) groups excluding carboxylic acids is 1. The number of hydrogen-bond acceptors (Lipinski definition) is 4. The van der Waals surface area contributed by atoms with Gasteiger partial charge in [0.25, 0.3) is 0 Å². The zero-order valence-corrected chi connectivity index (χ0v) is 14.8. The van der Waals surface area contributed by atoms with Gasteiger partial charge in [0.15, 0.2) is 0 Å². The van der Waals surface area contributed by atoms with Crippen molar-refractivity contribution in [1.29, 1.82) is 0 Å². The summed E-state index contributed by atoms with van der Waals surface area (Å²) in [6, 6.07) is 14.1. The maximum Gasteiger partial charge on any atom is 0.221 e. The van der Waals surface area contributed by atoms with E-state index >= 15 is 0 Å². The number of amides is 1. The lowest BCUT2D eigenvalue weighted by Crippen LogP contribution is -2.31. The Morgan fingerprint density at radius 3 is 2.84 bits per heavy atom. The normalized spacial score (nSPS) is 16.7. The lowest BCUT2D eigenvalue weighted by molar-refractivity contribution is -0.114. The van der Waals surface area contributed by atoms with Gasteiger partial charge in [-0.2, -0.15) is 0 Å². The molecule has 5 heteroatoms. The number of benzene rings is 2. The predicted molar refractivity (Wildman–Crippen MR) is 98.3 cm³/mol. The Balaban J connectivity index is 1.62. The van der Waals surface area contributed by atoms with E-state index in [1.54, 1.807) is 7.11 Å². The highest BCUT2D eigenvalue weighted by atomic mass is 16.5. The first kappa shape index (κ1) is 17.3. The maximum atomic E-state index is 11.4. The summed E-state index contributed by atoms with van der Waals surface area (Å²) in [6.07, 6.45) is 1.07. The number of nitrogens with one attached hydrogen (secondary N) is 2. The Kier molecular flexibility index (Phi) is 5.24. The molecule has 1 aliphatic heterocycles. The van der Waals surface area contributed by atoms with E-state index in [-0.39, 0.29) is 18.1 Å². The molecule has 2 N–H and O–H groups in total. The van der Waals surface area contributed by atoms with E-state index in [1.165, 1.54) is 12.5 Å². The molecule has 25 heavy (non-hydrogen) atoms. The first-order chi connectivity index (χ1) is 12.1. The zero-order chi connectivity index (χ0) is 17.8. The van der Waals surface area contributed by atoms with E-state index in [4.69, 9.17) is 9.47 Å². The Hall–Kier alpha value is -2.53. The first-order valence-corrected chi connectivity index (χ1v) is 8.50. The predicted octanol–water partition coefficient (Wildman–Crippen LogP) is 3.31. The van der Waals surface area contributed by atoms with Gasteiger partial charge in [0.2, 0.25) is 5.91 Å². The van der Waals surface area contributed by atoms with Crippen LogP contribution in [0.25, 0.3) is 0 Å². The van der Waals surface area contributed by atoms with E-state index in [9.17, 15) is 4.79 Å². The number of carbonyl (C=O) groups is 1. The number of anilines is 1. The molecule has 1 aliphatic rings. The fourth-order valence-electron chi connectivity index (χ4n) is 3.08. The van der Waals surface area contributed by atoms with Gasteiger partial charge < -0.3 is 20.1 Å². The van der Waals surface area contributed by atoms with Crippen molar-refractivity contribution in [3.8, 4) is 11.5 Å². The average Bonchev–Trinajstić information content (AvgIpc) is 3.02. The number of fused-ring (bicyclic) bond motifs is 1. The molecule has 5 nitrogen and oxygen atoms in total. The van der Waals surface area contributed by atoms with Crippen LogP contribution in [-0.2, 0) is 11.2 Å². The summed E-state index contributed by atoms with van der Waals surface area (Å²) >= 11 is 0. The molecular formula is C20H24N2O3. The molecule has 0 bridgehead atoms. The summed E-state index contributed by atoms with van der Waals surface area (Å²) in [7, 11) is 1.59. The largest absolute Gasteiger partial charge is 0.495 e. The molecule has 0 saturated carbocycles. The van der Waals surface area contributed by atoms with Gasteiger partial charge in [-0.05, 0) is 36.2 Å². The van der Waals surface area contributed by atoms with Crippen LogP contribution in [0.5, 0.6) is 11.5 Å². The molecule has 1 heterocycles.